The van der Waals surface area contributed by atoms with E-state index in [1.54, 1.807) is 23.3 Å². The molecule has 0 bridgehead atoms. The Morgan fingerprint density at radius 2 is 2.19 bits per heavy atom. The molecular weight excluding hydrogens is 360 g/mol. The number of hydrogen-bond acceptors (Lipinski definition) is 5. The summed E-state index contributed by atoms with van der Waals surface area (Å²) in [6, 6.07) is 9.93. The van der Waals surface area contributed by atoms with Crippen LogP contribution in [0.3, 0.4) is 0 Å². The fourth-order valence-electron chi connectivity index (χ4n) is 4.17. The lowest BCUT2D eigenvalue weighted by molar-refractivity contribution is -0.160. The van der Waals surface area contributed by atoms with E-state index in [2.05, 4.69) is 16.3 Å². The van der Waals surface area contributed by atoms with E-state index in [1.807, 2.05) is 24.3 Å². The number of thiophene rings is 1. The molecule has 1 N–H and O–H groups in total. The van der Waals surface area contributed by atoms with Gasteiger partial charge in [0, 0.05) is 37.6 Å². The highest BCUT2D eigenvalue weighted by Crippen LogP contribution is 2.29. The van der Waals surface area contributed by atoms with Crippen LogP contribution in [0.25, 0.3) is 0 Å². The van der Waals surface area contributed by atoms with Gasteiger partial charge in [0.1, 0.15) is 5.75 Å². The van der Waals surface area contributed by atoms with E-state index in [9.17, 15) is 9.90 Å². The van der Waals surface area contributed by atoms with Crippen LogP contribution in [0.15, 0.2) is 35.7 Å². The van der Waals surface area contributed by atoms with Gasteiger partial charge in [-0.15, -0.1) is 11.3 Å². The predicted molar refractivity (Wildman–Crippen MR) is 106 cm³/mol. The molecule has 1 amide bonds. The second-order valence-electron chi connectivity index (χ2n) is 7.54. The molecule has 1 fully saturated rings. The zero-order chi connectivity index (χ0) is 18.9. The number of fused-ring (bicyclic) bond motifs is 1. The number of benzene rings is 1. The van der Waals surface area contributed by atoms with Crippen molar-refractivity contribution in [2.24, 2.45) is 0 Å². The van der Waals surface area contributed by atoms with Gasteiger partial charge in [-0.1, -0.05) is 12.1 Å². The highest BCUT2D eigenvalue weighted by atomic mass is 32.1. The van der Waals surface area contributed by atoms with Crippen LogP contribution in [-0.2, 0) is 24.3 Å². The number of ether oxygens (including phenoxy) is 1. The Balaban J connectivity index is 1.44. The fraction of sp³-hybridized carbons (Fsp3) is 0.476. The number of aliphatic hydroxyl groups is 1. The summed E-state index contributed by atoms with van der Waals surface area (Å²) < 4.78 is 5.28. The van der Waals surface area contributed by atoms with Crippen LogP contribution >= 0.6 is 11.3 Å². The van der Waals surface area contributed by atoms with E-state index in [1.165, 1.54) is 10.4 Å². The van der Waals surface area contributed by atoms with Gasteiger partial charge in [0.25, 0.3) is 5.91 Å². The van der Waals surface area contributed by atoms with Crippen molar-refractivity contribution in [1.29, 1.82) is 0 Å². The van der Waals surface area contributed by atoms with E-state index in [-0.39, 0.29) is 5.91 Å². The molecule has 2 aliphatic heterocycles. The van der Waals surface area contributed by atoms with Crippen molar-refractivity contribution >= 4 is 17.2 Å². The van der Waals surface area contributed by atoms with E-state index in [0.717, 1.165) is 37.2 Å². The summed E-state index contributed by atoms with van der Waals surface area (Å²) in [5, 5.41) is 13.3. The molecule has 1 aromatic heterocycles. The number of rotatable bonds is 5. The summed E-state index contributed by atoms with van der Waals surface area (Å²) in [7, 11) is 1.64. The molecule has 4 rings (SSSR count). The molecule has 1 atom stereocenters. The molecule has 27 heavy (non-hydrogen) atoms. The largest absolute Gasteiger partial charge is 0.497 e. The third kappa shape index (κ3) is 3.88. The minimum atomic E-state index is -1.29. The Bertz CT molecular complexity index is 821. The number of β-amino-alcohol motifs (C(OH)–C–C–N with tert-alkyl or cyclic N) is 1. The number of likely N-dealkylation sites (tertiary alicyclic amines) is 1. The van der Waals surface area contributed by atoms with E-state index >= 15 is 0 Å². The maximum atomic E-state index is 13.1. The number of piperidine rings is 1. The lowest BCUT2D eigenvalue weighted by atomic mass is 9.90. The van der Waals surface area contributed by atoms with Crippen molar-refractivity contribution in [3.63, 3.8) is 0 Å². The maximum absolute atomic E-state index is 13.1. The first-order valence-electron chi connectivity index (χ1n) is 9.50. The molecular formula is C21H26N2O3S. The molecule has 6 heteroatoms. The van der Waals surface area contributed by atoms with Crippen molar-refractivity contribution in [3.05, 3.63) is 51.7 Å². The van der Waals surface area contributed by atoms with Gasteiger partial charge in [-0.3, -0.25) is 9.69 Å². The molecule has 0 radical (unpaired) electrons. The highest BCUT2D eigenvalue weighted by molar-refractivity contribution is 7.10. The molecule has 0 aliphatic carbocycles. The quantitative estimate of drug-likeness (QED) is 0.858. The number of carbonyl (C=O) groups is 1. The van der Waals surface area contributed by atoms with Crippen LogP contribution in [0.4, 0.5) is 0 Å². The van der Waals surface area contributed by atoms with Crippen molar-refractivity contribution in [2.75, 3.05) is 26.7 Å². The molecule has 144 valence electrons. The van der Waals surface area contributed by atoms with Gasteiger partial charge in [-0.05, 0) is 54.0 Å². The van der Waals surface area contributed by atoms with Gasteiger partial charge in [0.05, 0.1) is 7.11 Å². The van der Waals surface area contributed by atoms with Gasteiger partial charge < -0.3 is 14.7 Å². The average molecular weight is 387 g/mol. The molecule has 5 nitrogen and oxygen atoms in total. The minimum Gasteiger partial charge on any atom is -0.497 e. The Morgan fingerprint density at radius 1 is 1.30 bits per heavy atom. The second kappa shape index (κ2) is 7.62. The lowest BCUT2D eigenvalue weighted by Gasteiger charge is -2.41. The summed E-state index contributed by atoms with van der Waals surface area (Å²) in [5.74, 6) is 0.639. The smallest absolute Gasteiger partial charge is 0.256 e. The molecule has 0 spiro atoms. The van der Waals surface area contributed by atoms with Gasteiger partial charge in [-0.25, -0.2) is 0 Å². The molecule has 2 aromatic rings. The van der Waals surface area contributed by atoms with Crippen molar-refractivity contribution in [3.8, 4) is 5.75 Å². The summed E-state index contributed by atoms with van der Waals surface area (Å²) >= 11 is 1.80. The number of hydrogen-bond donors (Lipinski definition) is 1. The minimum absolute atomic E-state index is 0.146. The van der Waals surface area contributed by atoms with Crippen LogP contribution < -0.4 is 4.74 Å². The van der Waals surface area contributed by atoms with E-state index in [4.69, 9.17) is 4.74 Å². The van der Waals surface area contributed by atoms with Crippen molar-refractivity contribution in [2.45, 2.75) is 38.0 Å². The van der Waals surface area contributed by atoms with Crippen LogP contribution in [-0.4, -0.2) is 53.2 Å². The summed E-state index contributed by atoms with van der Waals surface area (Å²) in [5.41, 5.74) is 1.07. The third-order valence-electron chi connectivity index (χ3n) is 5.58. The Hall–Kier alpha value is -1.89. The SMILES string of the molecule is COc1cccc(CN2CCCC(O)(CN3CCc4sccc4C3)C2=O)c1. The first kappa shape index (κ1) is 18.5. The van der Waals surface area contributed by atoms with Gasteiger partial charge in [0.2, 0.25) is 0 Å². The van der Waals surface area contributed by atoms with Crippen molar-refractivity contribution in [1.82, 2.24) is 9.80 Å². The van der Waals surface area contributed by atoms with E-state index in [0.29, 0.717) is 26.1 Å². The first-order chi connectivity index (χ1) is 13.1. The zero-order valence-corrected chi connectivity index (χ0v) is 16.5. The average Bonchev–Trinajstić information content (AvgIpc) is 3.13. The topological polar surface area (TPSA) is 53.0 Å². The Kier molecular flexibility index (Phi) is 5.21. The van der Waals surface area contributed by atoms with Crippen LogP contribution in [0.1, 0.15) is 28.8 Å². The van der Waals surface area contributed by atoms with Crippen LogP contribution in [0, 0.1) is 0 Å². The van der Waals surface area contributed by atoms with Gasteiger partial charge in [0.15, 0.2) is 5.60 Å². The Labute approximate surface area is 164 Å². The molecule has 3 heterocycles. The lowest BCUT2D eigenvalue weighted by Crippen LogP contribution is -2.58. The van der Waals surface area contributed by atoms with Gasteiger partial charge >= 0.3 is 0 Å². The van der Waals surface area contributed by atoms with Crippen LogP contribution in [0.5, 0.6) is 5.75 Å². The van der Waals surface area contributed by atoms with Gasteiger partial charge in [-0.2, -0.15) is 0 Å². The molecule has 1 unspecified atom stereocenters. The highest BCUT2D eigenvalue weighted by Gasteiger charge is 2.43. The number of methoxy groups -OCH3 is 1. The molecule has 1 saturated heterocycles. The normalized spacial score (nSPS) is 23.3. The second-order valence-corrected chi connectivity index (χ2v) is 8.54. The number of nitrogens with zero attached hydrogens (tertiary/aromatic N) is 2. The third-order valence-corrected chi connectivity index (χ3v) is 6.61. The number of carbonyl (C=O) groups excluding carboxylic acids is 1. The first-order valence-corrected chi connectivity index (χ1v) is 10.4. The standard InChI is InChI=1S/C21H26N2O3S/c1-26-18-5-2-4-16(12-18)13-23-9-3-8-21(25,20(23)24)15-22-10-6-19-17(14-22)7-11-27-19/h2,4-5,7,11-12,25H,3,6,8-10,13-15H2,1H3. The summed E-state index contributed by atoms with van der Waals surface area (Å²) in [4.78, 5) is 18.5. The summed E-state index contributed by atoms with van der Waals surface area (Å²) in [6.07, 6.45) is 2.36. The monoisotopic (exact) mass is 386 g/mol. The molecule has 2 aliphatic rings. The molecule has 1 aromatic carbocycles. The van der Waals surface area contributed by atoms with Crippen LogP contribution in [0.2, 0.25) is 0 Å². The fourth-order valence-corrected chi connectivity index (χ4v) is 5.06. The van der Waals surface area contributed by atoms with Crippen molar-refractivity contribution < 1.29 is 14.6 Å². The predicted octanol–water partition coefficient (Wildman–Crippen LogP) is 2.67. The Morgan fingerprint density at radius 3 is 3.04 bits per heavy atom. The zero-order valence-electron chi connectivity index (χ0n) is 15.7. The summed E-state index contributed by atoms with van der Waals surface area (Å²) in [6.45, 7) is 3.33. The number of amides is 1. The van der Waals surface area contributed by atoms with E-state index < -0.39 is 5.60 Å². The molecule has 0 saturated carbocycles. The maximum Gasteiger partial charge on any atom is 0.256 e.